The zero-order valence-electron chi connectivity index (χ0n) is 16.9. The Balaban J connectivity index is 1.23. The molecule has 6 nitrogen and oxygen atoms in total. The van der Waals surface area contributed by atoms with E-state index in [4.69, 9.17) is 4.74 Å². The van der Waals surface area contributed by atoms with Gasteiger partial charge in [0, 0.05) is 32.4 Å². The third-order valence-corrected chi connectivity index (χ3v) is 8.05. The molecule has 0 bridgehead atoms. The number of benzene rings is 2. The van der Waals surface area contributed by atoms with Crippen LogP contribution in [0.25, 0.3) is 10.2 Å². The van der Waals surface area contributed by atoms with Crippen molar-refractivity contribution in [1.82, 2.24) is 9.88 Å². The van der Waals surface area contributed by atoms with Crippen LogP contribution < -0.4 is 4.74 Å². The smallest absolute Gasteiger partial charge is 0.274 e. The first-order valence-electron chi connectivity index (χ1n) is 10.2. The van der Waals surface area contributed by atoms with Crippen molar-refractivity contribution in [2.24, 2.45) is 0 Å². The number of carbonyl (C=O) groups is 1. The molecule has 0 radical (unpaired) electrons. The highest BCUT2D eigenvalue weighted by Gasteiger charge is 2.25. The standard InChI is InChI=1S/C22H23FN2O4S2/c23-18-8-4-9-19-21(18)24-22(30-19)29-16-11-13-25(14-12-16)20(26)10-5-15-31(27,28)17-6-2-1-3-7-17/h1-4,6-9,16H,5,10-15H2. The SMILES string of the molecule is O=C(CCCS(=O)(=O)c1ccccc1)N1CCC(Oc2nc3c(F)cccc3s2)CC1. The number of hydrogen-bond donors (Lipinski definition) is 0. The molecule has 2 heterocycles. The van der Waals surface area contributed by atoms with Gasteiger partial charge in [0.1, 0.15) is 17.4 Å². The minimum absolute atomic E-state index is 0.0382. The normalized spacial score (nSPS) is 15.3. The lowest BCUT2D eigenvalue weighted by atomic mass is 10.1. The van der Waals surface area contributed by atoms with E-state index in [0.717, 1.165) is 4.70 Å². The first-order chi connectivity index (χ1) is 14.9. The fourth-order valence-corrected chi connectivity index (χ4v) is 5.86. The number of piperidine rings is 1. The van der Waals surface area contributed by atoms with E-state index in [2.05, 4.69) is 4.98 Å². The summed E-state index contributed by atoms with van der Waals surface area (Å²) in [6.45, 7) is 1.10. The molecule has 1 aliphatic heterocycles. The number of likely N-dealkylation sites (tertiary alicyclic amines) is 1. The molecule has 0 spiro atoms. The number of nitrogens with zero attached hydrogens (tertiary/aromatic N) is 2. The van der Waals surface area contributed by atoms with Crippen LogP contribution in [0.2, 0.25) is 0 Å². The van der Waals surface area contributed by atoms with Crippen LogP contribution in [-0.2, 0) is 14.6 Å². The Kier molecular flexibility index (Phi) is 6.52. The van der Waals surface area contributed by atoms with Crippen molar-refractivity contribution >= 4 is 37.3 Å². The first-order valence-corrected chi connectivity index (χ1v) is 12.7. The second-order valence-electron chi connectivity index (χ2n) is 7.50. The van der Waals surface area contributed by atoms with Gasteiger partial charge in [0.15, 0.2) is 9.84 Å². The van der Waals surface area contributed by atoms with E-state index in [1.807, 2.05) is 6.07 Å². The molecule has 0 unspecified atom stereocenters. The average Bonchev–Trinajstić information content (AvgIpc) is 3.18. The molecule has 0 N–H and O–H groups in total. The predicted octanol–water partition coefficient (Wildman–Crippen LogP) is 4.06. The third-order valence-electron chi connectivity index (χ3n) is 5.32. The summed E-state index contributed by atoms with van der Waals surface area (Å²) in [5, 5.41) is 0.441. The Morgan fingerprint density at radius 1 is 1.13 bits per heavy atom. The van der Waals surface area contributed by atoms with E-state index in [9.17, 15) is 17.6 Å². The summed E-state index contributed by atoms with van der Waals surface area (Å²) in [4.78, 5) is 18.8. The second-order valence-corrected chi connectivity index (χ2v) is 10.6. The van der Waals surface area contributed by atoms with Crippen molar-refractivity contribution in [2.45, 2.75) is 36.7 Å². The Labute approximate surface area is 184 Å². The lowest BCUT2D eigenvalue weighted by Gasteiger charge is -2.31. The lowest BCUT2D eigenvalue weighted by molar-refractivity contribution is -0.133. The lowest BCUT2D eigenvalue weighted by Crippen LogP contribution is -2.41. The molecule has 9 heteroatoms. The minimum atomic E-state index is -3.37. The number of para-hydroxylation sites is 1. The Morgan fingerprint density at radius 3 is 2.58 bits per heavy atom. The van der Waals surface area contributed by atoms with Crippen molar-refractivity contribution in [2.75, 3.05) is 18.8 Å². The van der Waals surface area contributed by atoms with Gasteiger partial charge in [-0.2, -0.15) is 4.98 Å². The maximum Gasteiger partial charge on any atom is 0.274 e. The topological polar surface area (TPSA) is 76.6 Å². The van der Waals surface area contributed by atoms with Gasteiger partial charge >= 0.3 is 0 Å². The number of ether oxygens (including phenoxy) is 1. The Hall–Kier alpha value is -2.52. The largest absolute Gasteiger partial charge is 0.467 e. The number of carbonyl (C=O) groups excluding carboxylic acids is 1. The van der Waals surface area contributed by atoms with Gasteiger partial charge in [-0.05, 0) is 30.7 Å². The van der Waals surface area contributed by atoms with Crippen molar-refractivity contribution in [3.63, 3.8) is 0 Å². The molecule has 1 aliphatic rings. The molecule has 164 valence electrons. The monoisotopic (exact) mass is 462 g/mol. The van der Waals surface area contributed by atoms with E-state index >= 15 is 0 Å². The van der Waals surface area contributed by atoms with Crippen molar-refractivity contribution in [3.05, 3.63) is 54.3 Å². The summed E-state index contributed by atoms with van der Waals surface area (Å²) in [5.74, 6) is -0.446. The average molecular weight is 463 g/mol. The zero-order valence-corrected chi connectivity index (χ0v) is 18.5. The summed E-state index contributed by atoms with van der Waals surface area (Å²) in [6, 6.07) is 13.1. The summed E-state index contributed by atoms with van der Waals surface area (Å²) in [7, 11) is -3.37. The maximum absolute atomic E-state index is 13.8. The van der Waals surface area contributed by atoms with Crippen molar-refractivity contribution in [3.8, 4) is 5.19 Å². The number of amides is 1. The van der Waals surface area contributed by atoms with Crippen molar-refractivity contribution < 1.29 is 22.3 Å². The van der Waals surface area contributed by atoms with Gasteiger partial charge < -0.3 is 9.64 Å². The van der Waals surface area contributed by atoms with E-state index in [-0.39, 0.29) is 34.9 Å². The fourth-order valence-electron chi connectivity index (χ4n) is 3.63. The Bertz CT molecular complexity index is 1160. The number of thiazole rings is 1. The van der Waals surface area contributed by atoms with Gasteiger partial charge in [0.2, 0.25) is 5.91 Å². The predicted molar refractivity (Wildman–Crippen MR) is 118 cm³/mol. The molecular weight excluding hydrogens is 439 g/mol. The van der Waals surface area contributed by atoms with Gasteiger partial charge in [-0.25, -0.2) is 12.8 Å². The molecule has 1 amide bonds. The fraction of sp³-hybridized carbons (Fsp3) is 0.364. The first kappa shape index (κ1) is 21.7. The van der Waals surface area contributed by atoms with Crippen LogP contribution in [0.4, 0.5) is 4.39 Å². The molecular formula is C22H23FN2O4S2. The van der Waals surface area contributed by atoms with E-state index in [0.29, 0.717) is 43.1 Å². The van der Waals surface area contributed by atoms with Crippen LogP contribution in [0, 0.1) is 5.82 Å². The second kappa shape index (κ2) is 9.32. The highest BCUT2D eigenvalue weighted by atomic mass is 32.2. The van der Waals surface area contributed by atoms with Gasteiger partial charge in [0.05, 0.1) is 15.3 Å². The van der Waals surface area contributed by atoms with E-state index < -0.39 is 9.84 Å². The highest BCUT2D eigenvalue weighted by molar-refractivity contribution is 7.91. The number of sulfone groups is 1. The third kappa shape index (κ3) is 5.22. The van der Waals surface area contributed by atoms with Gasteiger partial charge in [0.25, 0.3) is 5.19 Å². The van der Waals surface area contributed by atoms with Gasteiger partial charge in [-0.15, -0.1) is 0 Å². The number of hydrogen-bond acceptors (Lipinski definition) is 6. The molecule has 31 heavy (non-hydrogen) atoms. The van der Waals surface area contributed by atoms with E-state index in [1.54, 1.807) is 41.3 Å². The molecule has 1 saturated heterocycles. The Morgan fingerprint density at radius 2 is 1.87 bits per heavy atom. The van der Waals surface area contributed by atoms with Crippen LogP contribution in [0.1, 0.15) is 25.7 Å². The zero-order chi connectivity index (χ0) is 21.8. The number of halogens is 1. The molecule has 0 atom stereocenters. The molecule has 1 aromatic heterocycles. The van der Waals surface area contributed by atoms with E-state index in [1.165, 1.54) is 17.4 Å². The van der Waals surface area contributed by atoms with Crippen molar-refractivity contribution in [1.29, 1.82) is 0 Å². The number of aromatic nitrogens is 1. The highest BCUT2D eigenvalue weighted by Crippen LogP contribution is 2.31. The van der Waals surface area contributed by atoms with Crippen LogP contribution in [0.3, 0.4) is 0 Å². The van der Waals surface area contributed by atoms with Gasteiger partial charge in [-0.1, -0.05) is 35.6 Å². The van der Waals surface area contributed by atoms with Crippen LogP contribution >= 0.6 is 11.3 Å². The summed E-state index contributed by atoms with van der Waals surface area (Å²) in [6.07, 6.45) is 1.74. The van der Waals surface area contributed by atoms with Crippen LogP contribution in [0.15, 0.2) is 53.4 Å². The summed E-state index contributed by atoms with van der Waals surface area (Å²) >= 11 is 1.31. The molecule has 3 aromatic rings. The molecule has 4 rings (SSSR count). The number of rotatable bonds is 7. The number of fused-ring (bicyclic) bond motifs is 1. The molecule has 0 saturated carbocycles. The van der Waals surface area contributed by atoms with Gasteiger partial charge in [-0.3, -0.25) is 4.79 Å². The van der Waals surface area contributed by atoms with Crippen LogP contribution in [-0.4, -0.2) is 49.2 Å². The minimum Gasteiger partial charge on any atom is -0.467 e. The molecule has 1 fully saturated rings. The maximum atomic E-state index is 13.8. The quantitative estimate of drug-likeness (QED) is 0.529. The molecule has 2 aromatic carbocycles. The van der Waals surface area contributed by atoms with Crippen LogP contribution in [0.5, 0.6) is 5.19 Å². The molecule has 0 aliphatic carbocycles. The summed E-state index contributed by atoms with van der Waals surface area (Å²) < 4.78 is 45.1. The summed E-state index contributed by atoms with van der Waals surface area (Å²) in [5.41, 5.74) is 0.320.